The Morgan fingerprint density at radius 3 is 2.45 bits per heavy atom. The molecule has 0 aliphatic carbocycles. The fraction of sp³-hybridized carbons (Fsp3) is 0. The van der Waals surface area contributed by atoms with Gasteiger partial charge in [0.25, 0.3) is 0 Å². The van der Waals surface area contributed by atoms with Crippen molar-refractivity contribution in [1.82, 2.24) is 14.6 Å². The Kier molecular flexibility index (Phi) is 4.90. The highest BCUT2D eigenvalue weighted by molar-refractivity contribution is 6.33. The van der Waals surface area contributed by atoms with Gasteiger partial charge in [-0.3, -0.25) is 0 Å². The summed E-state index contributed by atoms with van der Waals surface area (Å²) in [4.78, 5) is 4.50. The summed E-state index contributed by atoms with van der Waals surface area (Å²) in [5.41, 5.74) is 3.08. The lowest BCUT2D eigenvalue weighted by Gasteiger charge is -2.06. The average molecular weight is 429 g/mol. The van der Waals surface area contributed by atoms with Crippen LogP contribution >= 0.6 is 11.6 Å². The van der Waals surface area contributed by atoms with Gasteiger partial charge in [-0.1, -0.05) is 29.8 Å². The highest BCUT2D eigenvalue weighted by atomic mass is 35.5. The number of pyridine rings is 1. The number of aromatic hydroxyl groups is 1. The van der Waals surface area contributed by atoms with Gasteiger partial charge in [-0.05, 0) is 66.7 Å². The first-order valence-corrected chi connectivity index (χ1v) is 9.97. The highest BCUT2D eigenvalue weighted by Crippen LogP contribution is 2.31. The molecule has 0 radical (unpaired) electrons. The number of ether oxygens (including phenoxy) is 1. The van der Waals surface area contributed by atoms with Gasteiger partial charge >= 0.3 is 0 Å². The number of halogens is 1. The monoisotopic (exact) mass is 428 g/mol. The van der Waals surface area contributed by atoms with Gasteiger partial charge in [0, 0.05) is 28.0 Å². The molecule has 3 aromatic carbocycles. The Hall–Kier alpha value is -4.03. The normalized spacial score (nSPS) is 10.9. The third-order valence-corrected chi connectivity index (χ3v) is 5.01. The molecule has 5 aromatic rings. The van der Waals surface area contributed by atoms with E-state index in [2.05, 4.69) is 15.4 Å². The fourth-order valence-electron chi connectivity index (χ4n) is 3.19. The van der Waals surface area contributed by atoms with Crippen LogP contribution in [0.25, 0.3) is 16.8 Å². The number of nitrogens with one attached hydrogen (secondary N) is 1. The Morgan fingerprint density at radius 2 is 1.65 bits per heavy atom. The number of aromatic nitrogens is 3. The molecule has 0 atom stereocenters. The van der Waals surface area contributed by atoms with Crippen LogP contribution in [0.15, 0.2) is 91.1 Å². The van der Waals surface area contributed by atoms with Crippen molar-refractivity contribution in [2.45, 2.75) is 0 Å². The molecule has 0 amide bonds. The molecule has 2 aromatic heterocycles. The molecular formula is C24H17ClN4O2. The van der Waals surface area contributed by atoms with Gasteiger partial charge in [0.15, 0.2) is 5.65 Å². The standard InChI is InChI=1S/C24H17ClN4O2/c25-22-12-9-18(30)14-21(22)16-6-13-23-27-24(28-29(23)15-16)26-17-7-10-20(11-8-17)31-19-4-2-1-3-5-19/h1-15,30H,(H,26,28). The third kappa shape index (κ3) is 4.15. The number of hydrogen-bond donors (Lipinski definition) is 2. The Morgan fingerprint density at radius 1 is 0.871 bits per heavy atom. The first-order valence-electron chi connectivity index (χ1n) is 9.59. The van der Waals surface area contributed by atoms with Crippen LogP contribution in [0, 0.1) is 0 Å². The SMILES string of the molecule is Oc1ccc(Cl)c(-c2ccc3nc(Nc4ccc(Oc5ccccc5)cc4)nn3c2)c1. The summed E-state index contributed by atoms with van der Waals surface area (Å²) < 4.78 is 7.48. The molecule has 0 aliphatic rings. The average Bonchev–Trinajstić information content (AvgIpc) is 3.19. The van der Waals surface area contributed by atoms with Crippen molar-refractivity contribution in [3.8, 4) is 28.4 Å². The molecule has 0 bridgehead atoms. The quantitative estimate of drug-likeness (QED) is 0.344. The van der Waals surface area contributed by atoms with Gasteiger partial charge in [0.2, 0.25) is 5.95 Å². The summed E-state index contributed by atoms with van der Waals surface area (Å²) in [5, 5.41) is 18.0. The largest absolute Gasteiger partial charge is 0.508 e. The maximum Gasteiger partial charge on any atom is 0.247 e. The van der Waals surface area contributed by atoms with Crippen molar-refractivity contribution < 1.29 is 9.84 Å². The molecule has 0 saturated carbocycles. The van der Waals surface area contributed by atoms with Crippen LogP contribution in [0.5, 0.6) is 17.2 Å². The van der Waals surface area contributed by atoms with Gasteiger partial charge in [-0.25, -0.2) is 4.52 Å². The number of phenols is 1. The number of anilines is 2. The smallest absolute Gasteiger partial charge is 0.247 e. The van der Waals surface area contributed by atoms with Crippen LogP contribution < -0.4 is 10.1 Å². The van der Waals surface area contributed by atoms with Crippen molar-refractivity contribution in [1.29, 1.82) is 0 Å². The third-order valence-electron chi connectivity index (χ3n) is 4.68. The zero-order valence-electron chi connectivity index (χ0n) is 16.2. The van der Waals surface area contributed by atoms with E-state index in [1.165, 1.54) is 0 Å². The second kappa shape index (κ2) is 8.01. The maximum absolute atomic E-state index is 9.77. The molecule has 0 fully saturated rings. The predicted octanol–water partition coefficient (Wildman–Crippen LogP) is 6.29. The van der Waals surface area contributed by atoms with Crippen molar-refractivity contribution in [3.05, 3.63) is 96.1 Å². The lowest BCUT2D eigenvalue weighted by Crippen LogP contribution is -1.93. The molecule has 152 valence electrons. The Labute approximate surface area is 183 Å². The van der Waals surface area contributed by atoms with Gasteiger partial charge in [-0.2, -0.15) is 4.98 Å². The van der Waals surface area contributed by atoms with Crippen LogP contribution in [0.2, 0.25) is 5.02 Å². The summed E-state index contributed by atoms with van der Waals surface area (Å²) >= 11 is 6.28. The summed E-state index contributed by atoms with van der Waals surface area (Å²) in [6.07, 6.45) is 1.82. The lowest BCUT2D eigenvalue weighted by atomic mass is 10.1. The van der Waals surface area contributed by atoms with Gasteiger partial charge < -0.3 is 15.2 Å². The lowest BCUT2D eigenvalue weighted by molar-refractivity contribution is 0.475. The van der Waals surface area contributed by atoms with Crippen molar-refractivity contribution in [2.24, 2.45) is 0 Å². The summed E-state index contributed by atoms with van der Waals surface area (Å²) in [5.74, 6) is 2.15. The van der Waals surface area contributed by atoms with E-state index in [9.17, 15) is 5.11 Å². The van der Waals surface area contributed by atoms with E-state index < -0.39 is 0 Å². The predicted molar refractivity (Wildman–Crippen MR) is 121 cm³/mol. The molecular weight excluding hydrogens is 412 g/mol. The molecule has 2 heterocycles. The molecule has 0 aliphatic heterocycles. The van der Waals surface area contributed by atoms with Crippen LogP contribution in [0.1, 0.15) is 0 Å². The second-order valence-corrected chi connectivity index (χ2v) is 7.29. The van der Waals surface area contributed by atoms with E-state index in [0.717, 1.165) is 28.3 Å². The van der Waals surface area contributed by atoms with E-state index in [-0.39, 0.29) is 5.75 Å². The number of para-hydroxylation sites is 1. The molecule has 0 saturated heterocycles. The van der Waals surface area contributed by atoms with E-state index in [1.807, 2.05) is 72.9 Å². The number of hydrogen-bond acceptors (Lipinski definition) is 5. The van der Waals surface area contributed by atoms with Gasteiger partial charge in [0.05, 0.1) is 0 Å². The second-order valence-electron chi connectivity index (χ2n) is 6.88. The highest BCUT2D eigenvalue weighted by Gasteiger charge is 2.09. The minimum absolute atomic E-state index is 0.153. The molecule has 31 heavy (non-hydrogen) atoms. The molecule has 2 N–H and O–H groups in total. The number of benzene rings is 3. The molecule has 0 spiro atoms. The molecule has 6 nitrogen and oxygen atoms in total. The molecule has 7 heteroatoms. The summed E-state index contributed by atoms with van der Waals surface area (Å²) in [6.45, 7) is 0. The summed E-state index contributed by atoms with van der Waals surface area (Å²) in [7, 11) is 0. The van der Waals surface area contributed by atoms with Crippen molar-refractivity contribution >= 4 is 28.9 Å². The van der Waals surface area contributed by atoms with Crippen LogP contribution in [0.4, 0.5) is 11.6 Å². The number of nitrogens with zero attached hydrogens (tertiary/aromatic N) is 3. The summed E-state index contributed by atoms with van der Waals surface area (Å²) in [6, 6.07) is 25.8. The number of fused-ring (bicyclic) bond motifs is 1. The van der Waals surface area contributed by atoms with E-state index in [4.69, 9.17) is 16.3 Å². The maximum atomic E-state index is 9.77. The molecule has 5 rings (SSSR count). The fourth-order valence-corrected chi connectivity index (χ4v) is 3.42. The topological polar surface area (TPSA) is 71.7 Å². The zero-order chi connectivity index (χ0) is 21.2. The minimum Gasteiger partial charge on any atom is -0.508 e. The number of rotatable bonds is 5. The Bertz CT molecular complexity index is 1350. The van der Waals surface area contributed by atoms with Gasteiger partial charge in [0.1, 0.15) is 17.2 Å². The number of phenolic OH excluding ortho intramolecular Hbond substituents is 1. The van der Waals surface area contributed by atoms with E-state index in [0.29, 0.717) is 16.6 Å². The van der Waals surface area contributed by atoms with E-state index >= 15 is 0 Å². The Balaban J connectivity index is 1.35. The van der Waals surface area contributed by atoms with Crippen LogP contribution in [0.3, 0.4) is 0 Å². The van der Waals surface area contributed by atoms with Crippen molar-refractivity contribution in [2.75, 3.05) is 5.32 Å². The first kappa shape index (κ1) is 19.0. The van der Waals surface area contributed by atoms with Gasteiger partial charge in [-0.15, -0.1) is 5.10 Å². The van der Waals surface area contributed by atoms with Crippen LogP contribution in [-0.2, 0) is 0 Å². The van der Waals surface area contributed by atoms with Crippen LogP contribution in [-0.4, -0.2) is 19.7 Å². The zero-order valence-corrected chi connectivity index (χ0v) is 17.0. The van der Waals surface area contributed by atoms with Crippen molar-refractivity contribution in [3.63, 3.8) is 0 Å². The first-order chi connectivity index (χ1) is 15.1. The minimum atomic E-state index is 0.153. The molecule has 0 unspecified atom stereocenters. The van der Waals surface area contributed by atoms with E-state index in [1.54, 1.807) is 22.7 Å².